The maximum atomic E-state index is 14.4. The van der Waals surface area contributed by atoms with E-state index in [0.29, 0.717) is 0 Å². The molecule has 3 heteroatoms. The van der Waals surface area contributed by atoms with Crippen molar-refractivity contribution >= 4 is 12.6 Å². The van der Waals surface area contributed by atoms with Gasteiger partial charge in [-0.2, -0.15) is 0 Å². The summed E-state index contributed by atoms with van der Waals surface area (Å²) in [5.74, 6) is 0.424. The lowest BCUT2D eigenvalue weighted by atomic mass is 9.86. The second kappa shape index (κ2) is 6.87. The van der Waals surface area contributed by atoms with Crippen LogP contribution in [0, 0.1) is 11.8 Å². The highest BCUT2D eigenvalue weighted by Crippen LogP contribution is 2.70. The van der Waals surface area contributed by atoms with Gasteiger partial charge in [-0.15, -0.1) is 6.58 Å². The van der Waals surface area contributed by atoms with E-state index in [-0.39, 0.29) is 17.9 Å². The van der Waals surface area contributed by atoms with Crippen LogP contribution in [0.4, 0.5) is 0 Å². The van der Waals surface area contributed by atoms with Crippen LogP contribution in [0.15, 0.2) is 96.9 Å². The summed E-state index contributed by atoms with van der Waals surface area (Å²) in [6.07, 6.45) is 9.56. The van der Waals surface area contributed by atoms with Crippen LogP contribution in [-0.2, 0) is 4.57 Å². The van der Waals surface area contributed by atoms with Gasteiger partial charge in [0, 0.05) is 16.5 Å². The molecular weight excluding hydrogens is 337 g/mol. The van der Waals surface area contributed by atoms with E-state index in [1.807, 2.05) is 49.5 Å². The third kappa shape index (κ3) is 2.65. The molecule has 4 rings (SSSR count). The average molecular weight is 361 g/mol. The largest absolute Gasteiger partial charge is 0.297 e. The van der Waals surface area contributed by atoms with Crippen LogP contribution in [0.1, 0.15) is 18.0 Å². The van der Waals surface area contributed by atoms with Crippen molar-refractivity contribution in [2.24, 2.45) is 11.8 Å². The molecule has 0 unspecified atom stereocenters. The van der Waals surface area contributed by atoms with Gasteiger partial charge in [0.15, 0.2) is 0 Å². The molecule has 0 amide bonds. The van der Waals surface area contributed by atoms with Crippen molar-refractivity contribution < 1.29 is 4.57 Å². The highest BCUT2D eigenvalue weighted by Gasteiger charge is 2.52. The smallest absolute Gasteiger partial charge is 0.203 e. The number of allylic oxidation sites excluding steroid dienone is 3. The summed E-state index contributed by atoms with van der Waals surface area (Å²) in [5.41, 5.74) is 1.21. The number of hydrogen-bond acceptors (Lipinski definition) is 1. The molecule has 0 radical (unpaired) electrons. The van der Waals surface area contributed by atoms with E-state index in [4.69, 9.17) is 0 Å². The predicted octanol–water partition coefficient (Wildman–Crippen LogP) is 5.54. The van der Waals surface area contributed by atoms with Gasteiger partial charge in [-0.05, 0) is 37.1 Å². The Bertz CT molecular complexity index is 900. The van der Waals surface area contributed by atoms with E-state index in [1.54, 1.807) is 0 Å². The molecule has 1 heterocycles. The Hall–Kier alpha value is -2.15. The number of hydrogen-bond donors (Lipinski definition) is 0. The third-order valence-corrected chi connectivity index (χ3v) is 8.80. The van der Waals surface area contributed by atoms with Crippen LogP contribution >= 0.6 is 7.29 Å². The number of nitrogens with zero attached hydrogens (tertiary/aromatic N) is 1. The summed E-state index contributed by atoms with van der Waals surface area (Å²) >= 11 is 0. The van der Waals surface area contributed by atoms with E-state index in [9.17, 15) is 4.57 Å². The molecular formula is C23H24NOP. The van der Waals surface area contributed by atoms with Crippen LogP contribution in [0.3, 0.4) is 0 Å². The van der Waals surface area contributed by atoms with Gasteiger partial charge < -0.3 is 0 Å². The zero-order valence-corrected chi connectivity index (χ0v) is 15.9. The summed E-state index contributed by atoms with van der Waals surface area (Å²) in [5, 5.41) is 2.00. The van der Waals surface area contributed by atoms with Gasteiger partial charge in [0.05, 0.1) is 6.04 Å². The maximum Gasteiger partial charge on any atom is 0.203 e. The van der Waals surface area contributed by atoms with Gasteiger partial charge in [-0.25, -0.2) is 4.67 Å². The first-order valence-electron chi connectivity index (χ1n) is 9.11. The molecule has 0 aromatic heterocycles. The fraction of sp³-hybridized carbons (Fsp3) is 0.217. The second-order valence-corrected chi connectivity index (χ2v) is 9.85. The van der Waals surface area contributed by atoms with Crippen molar-refractivity contribution in [2.45, 2.75) is 12.5 Å². The van der Waals surface area contributed by atoms with Crippen LogP contribution in [0.25, 0.3) is 0 Å². The zero-order valence-electron chi connectivity index (χ0n) is 15.0. The molecule has 0 spiro atoms. The molecule has 1 fully saturated rings. The minimum absolute atomic E-state index is 0.0921. The van der Waals surface area contributed by atoms with Gasteiger partial charge in [-0.3, -0.25) is 4.57 Å². The van der Waals surface area contributed by atoms with E-state index in [0.717, 1.165) is 17.0 Å². The van der Waals surface area contributed by atoms with Crippen molar-refractivity contribution in [2.75, 3.05) is 7.05 Å². The topological polar surface area (TPSA) is 20.3 Å². The Morgan fingerprint density at radius 2 is 1.69 bits per heavy atom. The molecule has 0 N–H and O–H groups in total. The van der Waals surface area contributed by atoms with Crippen LogP contribution in [0.2, 0.25) is 0 Å². The van der Waals surface area contributed by atoms with E-state index < -0.39 is 7.29 Å². The Balaban J connectivity index is 1.88. The summed E-state index contributed by atoms with van der Waals surface area (Å²) in [6.45, 7) is 3.87. The predicted molar refractivity (Wildman–Crippen MR) is 110 cm³/mol. The first kappa shape index (κ1) is 17.3. The van der Waals surface area contributed by atoms with Crippen LogP contribution < -0.4 is 5.30 Å². The fourth-order valence-corrected chi connectivity index (χ4v) is 7.54. The van der Waals surface area contributed by atoms with Gasteiger partial charge >= 0.3 is 0 Å². The first-order chi connectivity index (χ1) is 12.7. The minimum atomic E-state index is -2.82. The summed E-state index contributed by atoms with van der Waals surface area (Å²) in [4.78, 5) is 0. The van der Waals surface area contributed by atoms with Crippen molar-refractivity contribution in [3.05, 3.63) is 102 Å². The summed E-state index contributed by atoms with van der Waals surface area (Å²) < 4.78 is 16.6. The standard InChI is InChI=1S/C23H24NOP/c1-3-10-18-15-16-21-22(17-18)26(25,20-13-8-5-9-14-20)24(2)23(21)19-11-6-4-7-12-19/h3-9,11-18,21,23H,1,10H2,2H3/t18-,21-,23+,26+/m0/s1. The molecule has 26 heavy (non-hydrogen) atoms. The zero-order chi connectivity index (χ0) is 18.1. The Morgan fingerprint density at radius 1 is 1.04 bits per heavy atom. The fourth-order valence-electron chi connectivity index (χ4n) is 4.28. The summed E-state index contributed by atoms with van der Waals surface area (Å²) in [6, 6.07) is 20.5. The van der Waals surface area contributed by atoms with E-state index in [1.165, 1.54) is 5.56 Å². The van der Waals surface area contributed by atoms with E-state index >= 15 is 0 Å². The van der Waals surface area contributed by atoms with Crippen LogP contribution in [0.5, 0.6) is 0 Å². The first-order valence-corrected chi connectivity index (χ1v) is 10.8. The highest BCUT2D eigenvalue weighted by molar-refractivity contribution is 7.73. The van der Waals surface area contributed by atoms with E-state index in [2.05, 4.69) is 53.7 Å². The molecule has 2 nitrogen and oxygen atoms in total. The van der Waals surface area contributed by atoms with Crippen molar-refractivity contribution in [3.63, 3.8) is 0 Å². The molecule has 4 atom stereocenters. The Kier molecular flexibility index (Phi) is 4.56. The minimum Gasteiger partial charge on any atom is -0.297 e. The van der Waals surface area contributed by atoms with Gasteiger partial charge in [0.1, 0.15) is 0 Å². The van der Waals surface area contributed by atoms with Gasteiger partial charge in [-0.1, -0.05) is 72.8 Å². The van der Waals surface area contributed by atoms with Crippen LogP contribution in [-0.4, -0.2) is 11.7 Å². The lowest BCUT2D eigenvalue weighted by Gasteiger charge is -2.26. The monoisotopic (exact) mass is 361 g/mol. The van der Waals surface area contributed by atoms with Gasteiger partial charge in [0.25, 0.3) is 0 Å². The SMILES string of the molecule is C=CC[C@H]1C=C[C@H]2C(=C1)[P@](=O)(c1ccccc1)N(C)[C@@H]2c1ccccc1. The van der Waals surface area contributed by atoms with Crippen molar-refractivity contribution in [1.29, 1.82) is 0 Å². The maximum absolute atomic E-state index is 14.4. The summed E-state index contributed by atoms with van der Waals surface area (Å²) in [7, 11) is -0.804. The number of rotatable bonds is 4. The highest BCUT2D eigenvalue weighted by atomic mass is 31.2. The molecule has 1 saturated heterocycles. The van der Waals surface area contributed by atoms with Gasteiger partial charge in [0.2, 0.25) is 7.29 Å². The van der Waals surface area contributed by atoms with Crippen molar-refractivity contribution in [1.82, 2.24) is 4.67 Å². The Labute approximate surface area is 156 Å². The second-order valence-electron chi connectivity index (χ2n) is 7.03. The quantitative estimate of drug-likeness (QED) is 0.526. The van der Waals surface area contributed by atoms with Crippen molar-refractivity contribution in [3.8, 4) is 0 Å². The normalized spacial score (nSPS) is 30.7. The Morgan fingerprint density at radius 3 is 2.35 bits per heavy atom. The molecule has 2 aromatic rings. The molecule has 1 aliphatic carbocycles. The molecule has 0 bridgehead atoms. The number of benzene rings is 2. The number of fused-ring (bicyclic) bond motifs is 1. The molecule has 132 valence electrons. The lowest BCUT2D eigenvalue weighted by molar-refractivity contribution is 0.371. The molecule has 1 aliphatic heterocycles. The molecule has 2 aromatic carbocycles. The molecule has 0 saturated carbocycles. The molecule has 2 aliphatic rings. The average Bonchev–Trinajstić information content (AvgIpc) is 2.92. The third-order valence-electron chi connectivity index (χ3n) is 5.52. The lowest BCUT2D eigenvalue weighted by Crippen LogP contribution is -2.21.